The zero-order chi connectivity index (χ0) is 19.6. The van der Waals surface area contributed by atoms with Crippen molar-refractivity contribution in [3.05, 3.63) is 83.3 Å². The Bertz CT molecular complexity index is 866. The molecular weight excluding hydrogens is 380 g/mol. The quantitative estimate of drug-likeness (QED) is 0.503. The second-order valence-electron chi connectivity index (χ2n) is 5.96. The van der Waals surface area contributed by atoms with Crippen LogP contribution in [-0.2, 0) is 18.0 Å². The average Bonchev–Trinajstić information content (AvgIpc) is 3.20. The predicted octanol–water partition coefficient (Wildman–Crippen LogP) is 4.85. The molecule has 0 bridgehead atoms. The van der Waals surface area contributed by atoms with Gasteiger partial charge in [-0.25, -0.2) is 4.79 Å². The van der Waals surface area contributed by atoms with E-state index in [0.29, 0.717) is 42.8 Å². The SMILES string of the molecule is O=C(NCCOc1ccc(Cl)cc1)Nc1cccc(COCc2ccco2)c1. The minimum Gasteiger partial charge on any atom is -0.492 e. The lowest BCUT2D eigenvalue weighted by Crippen LogP contribution is -2.32. The molecule has 0 spiro atoms. The molecule has 6 nitrogen and oxygen atoms in total. The Labute approximate surface area is 168 Å². The second kappa shape index (κ2) is 10.4. The fourth-order valence-electron chi connectivity index (χ4n) is 2.44. The van der Waals surface area contributed by atoms with Crippen molar-refractivity contribution in [3.8, 4) is 5.75 Å². The van der Waals surface area contributed by atoms with Gasteiger partial charge in [-0.15, -0.1) is 0 Å². The number of furan rings is 1. The van der Waals surface area contributed by atoms with Gasteiger partial charge < -0.3 is 24.5 Å². The first-order chi connectivity index (χ1) is 13.7. The number of nitrogens with one attached hydrogen (secondary N) is 2. The summed E-state index contributed by atoms with van der Waals surface area (Å²) >= 11 is 5.82. The summed E-state index contributed by atoms with van der Waals surface area (Å²) in [6.45, 7) is 1.56. The van der Waals surface area contributed by atoms with Crippen LogP contribution in [0.2, 0.25) is 5.02 Å². The van der Waals surface area contributed by atoms with Crippen LogP contribution in [0.4, 0.5) is 10.5 Å². The summed E-state index contributed by atoms with van der Waals surface area (Å²) in [5.41, 5.74) is 1.64. The highest BCUT2D eigenvalue weighted by Gasteiger charge is 2.03. The summed E-state index contributed by atoms with van der Waals surface area (Å²) in [5.74, 6) is 1.48. The van der Waals surface area contributed by atoms with Gasteiger partial charge in [0.25, 0.3) is 0 Å². The molecule has 0 fully saturated rings. The average molecular weight is 401 g/mol. The number of anilines is 1. The molecule has 0 atom stereocenters. The Morgan fingerprint density at radius 3 is 2.68 bits per heavy atom. The van der Waals surface area contributed by atoms with Crippen LogP contribution in [0.25, 0.3) is 0 Å². The molecule has 0 aliphatic rings. The lowest BCUT2D eigenvalue weighted by atomic mass is 10.2. The summed E-state index contributed by atoms with van der Waals surface area (Å²) < 4.78 is 16.4. The smallest absolute Gasteiger partial charge is 0.319 e. The van der Waals surface area contributed by atoms with Gasteiger partial charge >= 0.3 is 6.03 Å². The Balaban J connectivity index is 1.36. The zero-order valence-corrected chi connectivity index (χ0v) is 15.9. The van der Waals surface area contributed by atoms with Gasteiger partial charge in [-0.1, -0.05) is 23.7 Å². The molecule has 0 aliphatic carbocycles. The van der Waals surface area contributed by atoms with Crippen LogP contribution in [-0.4, -0.2) is 19.2 Å². The van der Waals surface area contributed by atoms with Gasteiger partial charge in [-0.05, 0) is 54.1 Å². The van der Waals surface area contributed by atoms with Crippen LogP contribution < -0.4 is 15.4 Å². The number of carbonyl (C=O) groups is 1. The summed E-state index contributed by atoms with van der Waals surface area (Å²) in [6, 6.07) is 17.9. The standard InChI is InChI=1S/C21H21ClN2O4/c22-17-6-8-19(9-7-17)28-12-10-23-21(25)24-18-4-1-3-16(13-18)14-26-15-20-5-2-11-27-20/h1-9,11,13H,10,12,14-15H2,(H2,23,24,25). The van der Waals surface area contributed by atoms with Gasteiger partial charge in [-0.3, -0.25) is 0 Å². The molecule has 2 amide bonds. The zero-order valence-electron chi connectivity index (χ0n) is 15.2. The normalized spacial score (nSPS) is 10.5. The van der Waals surface area contributed by atoms with Crippen LogP contribution in [0.5, 0.6) is 5.75 Å². The third-order valence-electron chi connectivity index (χ3n) is 3.75. The third kappa shape index (κ3) is 6.64. The van der Waals surface area contributed by atoms with Crippen LogP contribution in [0.3, 0.4) is 0 Å². The largest absolute Gasteiger partial charge is 0.492 e. The summed E-state index contributed by atoms with van der Waals surface area (Å²) in [6.07, 6.45) is 1.61. The second-order valence-corrected chi connectivity index (χ2v) is 6.39. The molecule has 1 aromatic heterocycles. The van der Waals surface area contributed by atoms with Crippen LogP contribution in [0.15, 0.2) is 71.3 Å². The first kappa shape index (κ1) is 19.8. The van der Waals surface area contributed by atoms with Crippen molar-refractivity contribution in [1.82, 2.24) is 5.32 Å². The van der Waals surface area contributed by atoms with Crippen molar-refractivity contribution in [3.63, 3.8) is 0 Å². The number of benzene rings is 2. The first-order valence-corrected chi connectivity index (χ1v) is 9.19. The van der Waals surface area contributed by atoms with Crippen molar-refractivity contribution in [2.45, 2.75) is 13.2 Å². The van der Waals surface area contributed by atoms with Crippen molar-refractivity contribution in [2.24, 2.45) is 0 Å². The molecule has 0 saturated heterocycles. The molecule has 0 radical (unpaired) electrons. The highest BCUT2D eigenvalue weighted by Crippen LogP contribution is 2.15. The number of hydrogen-bond donors (Lipinski definition) is 2. The lowest BCUT2D eigenvalue weighted by Gasteiger charge is -2.10. The van der Waals surface area contributed by atoms with E-state index in [2.05, 4.69) is 10.6 Å². The van der Waals surface area contributed by atoms with E-state index in [1.807, 2.05) is 36.4 Å². The molecule has 3 aromatic rings. The Hall–Kier alpha value is -2.96. The monoisotopic (exact) mass is 400 g/mol. The Kier molecular flexibility index (Phi) is 7.35. The van der Waals surface area contributed by atoms with E-state index >= 15 is 0 Å². The number of hydrogen-bond acceptors (Lipinski definition) is 4. The molecule has 2 aromatic carbocycles. The molecule has 0 unspecified atom stereocenters. The highest BCUT2D eigenvalue weighted by atomic mass is 35.5. The molecule has 0 aliphatic heterocycles. The summed E-state index contributed by atoms with van der Waals surface area (Å²) in [4.78, 5) is 12.0. The predicted molar refractivity (Wildman–Crippen MR) is 108 cm³/mol. The number of rotatable bonds is 9. The van der Waals surface area contributed by atoms with Gasteiger partial charge in [0, 0.05) is 10.7 Å². The third-order valence-corrected chi connectivity index (χ3v) is 4.00. The molecule has 3 rings (SSSR count). The lowest BCUT2D eigenvalue weighted by molar-refractivity contribution is 0.0930. The summed E-state index contributed by atoms with van der Waals surface area (Å²) in [5, 5.41) is 6.20. The Morgan fingerprint density at radius 1 is 1.04 bits per heavy atom. The molecule has 2 N–H and O–H groups in total. The molecule has 146 valence electrons. The van der Waals surface area contributed by atoms with Gasteiger partial charge in [0.05, 0.1) is 19.4 Å². The van der Waals surface area contributed by atoms with Crippen molar-refractivity contribution in [2.75, 3.05) is 18.5 Å². The molecule has 28 heavy (non-hydrogen) atoms. The van der Waals surface area contributed by atoms with Gasteiger partial charge in [-0.2, -0.15) is 0 Å². The van der Waals surface area contributed by atoms with Gasteiger partial charge in [0.1, 0.15) is 24.7 Å². The first-order valence-electron chi connectivity index (χ1n) is 8.81. The number of halogens is 1. The fraction of sp³-hybridized carbons (Fsp3) is 0.190. The fourth-order valence-corrected chi connectivity index (χ4v) is 2.57. The highest BCUT2D eigenvalue weighted by molar-refractivity contribution is 6.30. The van der Waals surface area contributed by atoms with E-state index in [1.54, 1.807) is 30.5 Å². The maximum Gasteiger partial charge on any atom is 0.319 e. The number of ether oxygens (including phenoxy) is 2. The van der Waals surface area contributed by atoms with Crippen LogP contribution in [0, 0.1) is 0 Å². The molecule has 7 heteroatoms. The van der Waals surface area contributed by atoms with E-state index in [9.17, 15) is 4.79 Å². The van der Waals surface area contributed by atoms with E-state index in [4.69, 9.17) is 25.5 Å². The maximum atomic E-state index is 12.0. The minimum atomic E-state index is -0.298. The van der Waals surface area contributed by atoms with Crippen molar-refractivity contribution < 1.29 is 18.7 Å². The van der Waals surface area contributed by atoms with E-state index in [-0.39, 0.29) is 6.03 Å². The van der Waals surface area contributed by atoms with Crippen molar-refractivity contribution >= 4 is 23.3 Å². The Morgan fingerprint density at radius 2 is 1.89 bits per heavy atom. The number of urea groups is 1. The molecular formula is C21H21ClN2O4. The number of amides is 2. The van der Waals surface area contributed by atoms with E-state index in [1.165, 1.54) is 0 Å². The van der Waals surface area contributed by atoms with Crippen LogP contribution >= 0.6 is 11.6 Å². The van der Waals surface area contributed by atoms with Crippen LogP contribution in [0.1, 0.15) is 11.3 Å². The van der Waals surface area contributed by atoms with Gasteiger partial charge in [0.15, 0.2) is 0 Å². The van der Waals surface area contributed by atoms with Crippen molar-refractivity contribution in [1.29, 1.82) is 0 Å². The molecule has 0 saturated carbocycles. The van der Waals surface area contributed by atoms with E-state index < -0.39 is 0 Å². The number of carbonyl (C=O) groups excluding carboxylic acids is 1. The van der Waals surface area contributed by atoms with Gasteiger partial charge in [0.2, 0.25) is 0 Å². The molecule has 1 heterocycles. The van der Waals surface area contributed by atoms with E-state index in [0.717, 1.165) is 11.3 Å². The summed E-state index contributed by atoms with van der Waals surface area (Å²) in [7, 11) is 0. The topological polar surface area (TPSA) is 72.7 Å². The maximum absolute atomic E-state index is 12.0. The minimum absolute atomic E-state index is 0.298.